The minimum atomic E-state index is -2.40. The minimum absolute atomic E-state index is 0.0176. The molecule has 0 saturated heterocycles. The van der Waals surface area contributed by atoms with E-state index in [0.717, 1.165) is 0 Å². The summed E-state index contributed by atoms with van der Waals surface area (Å²) in [5.41, 5.74) is -5.79. The van der Waals surface area contributed by atoms with E-state index in [2.05, 4.69) is 0 Å². The number of rotatable bonds is 10. The molecule has 2 unspecified atom stereocenters. The summed E-state index contributed by atoms with van der Waals surface area (Å²) in [5, 5.41) is 36.0. The number of hydrogen-bond acceptors (Lipinski definition) is 10. The molecule has 1 aromatic rings. The van der Waals surface area contributed by atoms with Gasteiger partial charge in [-0.05, 0) is 54.4 Å². The second-order valence-electron chi connectivity index (χ2n) is 15.9. The third kappa shape index (κ3) is 5.40. The maximum atomic E-state index is 15.1. The number of hydrogen-bond donors (Lipinski definition) is 3. The molecule has 0 radical (unpaired) electrons. The van der Waals surface area contributed by atoms with Crippen molar-refractivity contribution >= 4 is 23.7 Å². The van der Waals surface area contributed by atoms with Crippen molar-refractivity contribution in [2.75, 3.05) is 13.2 Å². The Balaban J connectivity index is 1.64. The van der Waals surface area contributed by atoms with Gasteiger partial charge in [0.25, 0.3) is 0 Å². The molecule has 49 heavy (non-hydrogen) atoms. The van der Waals surface area contributed by atoms with Gasteiger partial charge in [0.2, 0.25) is 0 Å². The summed E-state index contributed by atoms with van der Waals surface area (Å²) in [4.78, 5) is 55.0. The van der Waals surface area contributed by atoms with Gasteiger partial charge in [-0.3, -0.25) is 14.4 Å². The highest BCUT2D eigenvalue weighted by atomic mass is 16.6. The van der Waals surface area contributed by atoms with E-state index < -0.39 is 94.1 Å². The van der Waals surface area contributed by atoms with Crippen LogP contribution in [0, 0.1) is 52.3 Å². The molecule has 10 nitrogen and oxygen atoms in total. The summed E-state index contributed by atoms with van der Waals surface area (Å²) in [7, 11) is 0. The van der Waals surface area contributed by atoms with Crippen LogP contribution in [0.15, 0.2) is 53.6 Å². The van der Waals surface area contributed by atoms with E-state index in [1.807, 2.05) is 34.6 Å². The van der Waals surface area contributed by atoms with Crippen LogP contribution in [0.25, 0.3) is 0 Å². The summed E-state index contributed by atoms with van der Waals surface area (Å²) in [6.07, 6.45) is -0.199. The van der Waals surface area contributed by atoms with E-state index in [0.29, 0.717) is 11.1 Å². The number of ether oxygens (including phenoxy) is 3. The fourth-order valence-corrected chi connectivity index (χ4v) is 8.72. The summed E-state index contributed by atoms with van der Waals surface area (Å²) in [6, 6.07) is 8.50. The monoisotopic (exact) mass is 680 g/mol. The van der Waals surface area contributed by atoms with E-state index in [4.69, 9.17) is 14.2 Å². The molecular formula is C39H52O10. The van der Waals surface area contributed by atoms with Gasteiger partial charge >= 0.3 is 17.9 Å². The Bertz CT molecular complexity index is 1560. The molecule has 4 aliphatic carbocycles. The first-order chi connectivity index (χ1) is 22.8. The zero-order valence-corrected chi connectivity index (χ0v) is 30.1. The standard InChI is InChI=1S/C39H52O10/c1-20(2)24(7)33(43)47-18-27-15-28-29-36(9,19-48-35(45)26-13-11-10-12-14-26)38(29,49-34(44)25(8)21(3)4)17-23(6)37(32(28)42)16-22(5)30(40)39(37,46)31(27)41/h10-16,20-21,23-25,28-31,40-41,46H,17-19H2,1-9H3/t23-,24?,25?,28+,29-,30+,31-,36+,37+,38+,39-/m1/s1. The molecule has 2 saturated carbocycles. The molecule has 5 rings (SSSR count). The Kier molecular flexibility index (Phi) is 9.62. The SMILES string of the molecule is CC1=C[C@]23C(=O)[C@@H](C=C(COC(=O)C(C)C(C)C)[C@@H](O)[C@]2(O)[C@H]1O)[C@@H]1[C@](C)(COC(=O)c2ccccc2)[C@]1(OC(=O)C(C)C(C)C)C[C@H]3C. The van der Waals surface area contributed by atoms with Crippen molar-refractivity contribution in [1.29, 1.82) is 0 Å². The number of Topliss-reactive ketones (excluding diaryl/α,β-unsaturated/α-hetero) is 1. The predicted octanol–water partition coefficient (Wildman–Crippen LogP) is 4.45. The van der Waals surface area contributed by atoms with Gasteiger partial charge in [-0.1, -0.05) is 85.7 Å². The molecule has 10 heteroatoms. The Morgan fingerprint density at radius 2 is 1.51 bits per heavy atom. The average molecular weight is 681 g/mol. The topological polar surface area (TPSA) is 157 Å². The Hall–Kier alpha value is -3.34. The number of carbonyl (C=O) groups is 4. The van der Waals surface area contributed by atoms with Crippen LogP contribution in [0.4, 0.5) is 0 Å². The van der Waals surface area contributed by atoms with Gasteiger partial charge < -0.3 is 29.5 Å². The number of allylic oxidation sites excluding steroid dienone is 1. The maximum Gasteiger partial charge on any atom is 0.338 e. The second kappa shape index (κ2) is 12.8. The fourth-order valence-electron chi connectivity index (χ4n) is 8.72. The van der Waals surface area contributed by atoms with Crippen molar-refractivity contribution in [1.82, 2.24) is 0 Å². The molecule has 2 fully saturated rings. The highest BCUT2D eigenvalue weighted by Crippen LogP contribution is 2.75. The van der Waals surface area contributed by atoms with Gasteiger partial charge in [0.1, 0.15) is 36.6 Å². The van der Waals surface area contributed by atoms with E-state index in [9.17, 15) is 29.7 Å². The lowest BCUT2D eigenvalue weighted by Crippen LogP contribution is -2.65. The lowest BCUT2D eigenvalue weighted by molar-refractivity contribution is -0.193. The summed E-state index contributed by atoms with van der Waals surface area (Å²) < 4.78 is 18.0. The third-order valence-electron chi connectivity index (χ3n) is 12.6. The molecule has 11 atom stereocenters. The maximum absolute atomic E-state index is 15.1. The van der Waals surface area contributed by atoms with Gasteiger partial charge in [0.05, 0.1) is 22.8 Å². The quantitative estimate of drug-likeness (QED) is 0.183. The zero-order chi connectivity index (χ0) is 36.4. The van der Waals surface area contributed by atoms with Crippen LogP contribution in [0.5, 0.6) is 0 Å². The van der Waals surface area contributed by atoms with Gasteiger partial charge in [0, 0.05) is 17.3 Å². The molecule has 268 valence electrons. The van der Waals surface area contributed by atoms with E-state index in [-0.39, 0.29) is 30.4 Å². The second-order valence-corrected chi connectivity index (χ2v) is 15.9. The largest absolute Gasteiger partial charge is 0.461 e. The molecule has 0 aliphatic heterocycles. The van der Waals surface area contributed by atoms with Crippen LogP contribution < -0.4 is 0 Å². The number of aliphatic hydroxyl groups excluding tert-OH is 2. The van der Waals surface area contributed by atoms with Crippen LogP contribution in [0.3, 0.4) is 0 Å². The van der Waals surface area contributed by atoms with Crippen molar-refractivity contribution in [3.8, 4) is 0 Å². The van der Waals surface area contributed by atoms with Gasteiger partial charge in [-0.2, -0.15) is 0 Å². The normalized spacial score (nSPS) is 37.5. The lowest BCUT2D eigenvalue weighted by Gasteiger charge is -2.48. The molecule has 0 aromatic heterocycles. The van der Waals surface area contributed by atoms with Gasteiger partial charge in [-0.25, -0.2) is 4.79 Å². The molecule has 2 bridgehead atoms. The lowest BCUT2D eigenvalue weighted by atomic mass is 9.59. The third-order valence-corrected chi connectivity index (χ3v) is 12.6. The van der Waals surface area contributed by atoms with Crippen molar-refractivity contribution in [3.63, 3.8) is 0 Å². The minimum Gasteiger partial charge on any atom is -0.461 e. The van der Waals surface area contributed by atoms with Crippen LogP contribution >= 0.6 is 0 Å². The predicted molar refractivity (Wildman–Crippen MR) is 180 cm³/mol. The van der Waals surface area contributed by atoms with Crippen molar-refractivity contribution in [3.05, 3.63) is 59.2 Å². The van der Waals surface area contributed by atoms with Crippen LogP contribution in [-0.4, -0.2) is 75.6 Å². The molecule has 0 heterocycles. The first kappa shape index (κ1) is 36.9. The number of esters is 3. The molecular weight excluding hydrogens is 628 g/mol. The van der Waals surface area contributed by atoms with Crippen molar-refractivity contribution in [2.45, 2.75) is 92.1 Å². The molecule has 1 spiro atoms. The molecule has 0 amide bonds. The van der Waals surface area contributed by atoms with Crippen LogP contribution in [0.2, 0.25) is 0 Å². The number of aliphatic hydroxyl groups is 3. The number of carbonyl (C=O) groups excluding carboxylic acids is 4. The Labute approximate surface area is 288 Å². The number of fused-ring (bicyclic) bond motifs is 3. The van der Waals surface area contributed by atoms with E-state index in [1.165, 1.54) is 6.08 Å². The summed E-state index contributed by atoms with van der Waals surface area (Å²) in [6.45, 7) is 15.7. The smallest absolute Gasteiger partial charge is 0.338 e. The van der Waals surface area contributed by atoms with Crippen molar-refractivity contribution < 1.29 is 48.7 Å². The Morgan fingerprint density at radius 3 is 2.10 bits per heavy atom. The van der Waals surface area contributed by atoms with Crippen LogP contribution in [-0.2, 0) is 28.6 Å². The van der Waals surface area contributed by atoms with E-state index in [1.54, 1.807) is 64.1 Å². The first-order valence-electron chi connectivity index (χ1n) is 17.5. The number of benzene rings is 1. The highest BCUT2D eigenvalue weighted by molar-refractivity contribution is 5.96. The molecule has 3 N–H and O–H groups in total. The first-order valence-corrected chi connectivity index (χ1v) is 17.5. The summed E-state index contributed by atoms with van der Waals surface area (Å²) in [5.74, 6) is -5.55. The average Bonchev–Trinajstić information content (AvgIpc) is 3.52. The van der Waals surface area contributed by atoms with E-state index >= 15 is 4.79 Å². The van der Waals surface area contributed by atoms with Crippen molar-refractivity contribution in [2.24, 2.45) is 52.3 Å². The fraction of sp³-hybridized carbons (Fsp3) is 0.641. The number of ketones is 1. The molecule has 4 aliphatic rings. The highest BCUT2D eigenvalue weighted by Gasteiger charge is 2.85. The van der Waals surface area contributed by atoms with Gasteiger partial charge in [-0.15, -0.1) is 0 Å². The zero-order valence-electron chi connectivity index (χ0n) is 30.1. The van der Waals surface area contributed by atoms with Crippen LogP contribution in [0.1, 0.15) is 79.1 Å². The Morgan fingerprint density at radius 1 is 0.918 bits per heavy atom. The molecule has 1 aromatic carbocycles. The summed E-state index contributed by atoms with van der Waals surface area (Å²) >= 11 is 0. The van der Waals surface area contributed by atoms with Gasteiger partial charge in [0.15, 0.2) is 5.78 Å².